The maximum Gasteiger partial charge on any atom is 0.243 e. The number of hydrogen-bond acceptors (Lipinski definition) is 6. The van der Waals surface area contributed by atoms with Crippen LogP contribution in [0.5, 0.6) is 5.75 Å². The number of primary amides is 1. The van der Waals surface area contributed by atoms with Gasteiger partial charge in [-0.15, -0.1) is 0 Å². The molecular weight excluding hydrogens is 606 g/mol. The van der Waals surface area contributed by atoms with Gasteiger partial charge in [-0.3, -0.25) is 19.2 Å². The number of rotatable bonds is 12. The number of phenolic OH excluding ortho intramolecular Hbond substituents is 1. The van der Waals surface area contributed by atoms with Crippen LogP contribution in [0.25, 0.3) is 0 Å². The predicted molar refractivity (Wildman–Crippen MR) is 182 cm³/mol. The number of fused-ring (bicyclic) bond motifs is 1. The van der Waals surface area contributed by atoms with Gasteiger partial charge in [-0.05, 0) is 39.9 Å². The number of nitrogens with zero attached hydrogens (tertiary/aromatic N) is 1. The number of nitrogens with two attached hydrogens (primary N) is 2. The molecule has 0 bridgehead atoms. The highest BCUT2D eigenvalue weighted by atomic mass is 16.3. The molecule has 10 nitrogen and oxygen atoms in total. The summed E-state index contributed by atoms with van der Waals surface area (Å²) in [5.74, 6) is -2.51. The smallest absolute Gasteiger partial charge is 0.243 e. The molecule has 10 heteroatoms. The van der Waals surface area contributed by atoms with Crippen molar-refractivity contribution in [2.24, 2.45) is 11.5 Å². The highest BCUT2D eigenvalue weighted by Gasteiger charge is 2.39. The minimum absolute atomic E-state index is 0.103. The molecule has 4 amide bonds. The molecule has 48 heavy (non-hydrogen) atoms. The molecule has 0 saturated heterocycles. The molecule has 0 unspecified atom stereocenters. The Morgan fingerprint density at radius 2 is 1.31 bits per heavy atom. The van der Waals surface area contributed by atoms with E-state index in [2.05, 4.69) is 10.6 Å². The van der Waals surface area contributed by atoms with Gasteiger partial charge in [0.1, 0.15) is 23.9 Å². The highest BCUT2D eigenvalue weighted by Crippen LogP contribution is 2.28. The van der Waals surface area contributed by atoms with E-state index in [0.29, 0.717) is 0 Å². The van der Waals surface area contributed by atoms with Gasteiger partial charge in [0.05, 0.1) is 6.04 Å². The average molecular weight is 648 g/mol. The van der Waals surface area contributed by atoms with Gasteiger partial charge >= 0.3 is 0 Å². The Kier molecular flexibility index (Phi) is 10.9. The lowest BCUT2D eigenvalue weighted by Gasteiger charge is -2.39. The minimum Gasteiger partial charge on any atom is -0.508 e. The number of hydrogen-bond donors (Lipinski definition) is 5. The van der Waals surface area contributed by atoms with E-state index in [1.54, 1.807) is 12.1 Å². The van der Waals surface area contributed by atoms with Gasteiger partial charge in [0.15, 0.2) is 0 Å². The van der Waals surface area contributed by atoms with Gasteiger partial charge in [0, 0.05) is 31.7 Å². The largest absolute Gasteiger partial charge is 0.508 e. The molecular formula is C38H41N5O5. The first-order valence-electron chi connectivity index (χ1n) is 16.0. The Balaban J connectivity index is 1.40. The van der Waals surface area contributed by atoms with E-state index in [1.165, 1.54) is 17.0 Å². The molecule has 0 aromatic heterocycles. The molecule has 1 heterocycles. The van der Waals surface area contributed by atoms with Crippen molar-refractivity contribution in [1.82, 2.24) is 15.5 Å². The summed E-state index contributed by atoms with van der Waals surface area (Å²) in [6.45, 7) is 1.99. The Morgan fingerprint density at radius 1 is 0.771 bits per heavy atom. The third kappa shape index (κ3) is 8.26. The molecule has 7 N–H and O–H groups in total. The first kappa shape index (κ1) is 33.9. The molecule has 5 atom stereocenters. The van der Waals surface area contributed by atoms with Crippen LogP contribution >= 0.6 is 0 Å². The van der Waals surface area contributed by atoms with E-state index in [-0.39, 0.29) is 31.6 Å². The second-order valence-corrected chi connectivity index (χ2v) is 12.3. The van der Waals surface area contributed by atoms with Crippen LogP contribution in [0.4, 0.5) is 0 Å². The third-order valence-corrected chi connectivity index (χ3v) is 8.94. The summed E-state index contributed by atoms with van der Waals surface area (Å²) in [7, 11) is 0. The highest BCUT2D eigenvalue weighted by molar-refractivity contribution is 5.95. The van der Waals surface area contributed by atoms with E-state index >= 15 is 0 Å². The summed E-state index contributed by atoms with van der Waals surface area (Å²) in [5.41, 5.74) is 16.4. The zero-order valence-corrected chi connectivity index (χ0v) is 26.8. The summed E-state index contributed by atoms with van der Waals surface area (Å²) in [6.07, 6.45) is 0.558. The zero-order chi connectivity index (χ0) is 34.2. The first-order chi connectivity index (χ1) is 23.1. The Bertz CT molecular complexity index is 1730. The van der Waals surface area contributed by atoms with Crippen molar-refractivity contribution in [3.8, 4) is 5.75 Å². The van der Waals surface area contributed by atoms with Crippen molar-refractivity contribution in [2.75, 3.05) is 0 Å². The van der Waals surface area contributed by atoms with E-state index in [1.807, 2.05) is 91.9 Å². The van der Waals surface area contributed by atoms with Gasteiger partial charge in [-0.2, -0.15) is 0 Å². The van der Waals surface area contributed by atoms with E-state index in [0.717, 1.165) is 27.8 Å². The minimum atomic E-state index is -1.07. The summed E-state index contributed by atoms with van der Waals surface area (Å²) < 4.78 is 0. The van der Waals surface area contributed by atoms with Gasteiger partial charge < -0.3 is 32.1 Å². The topological polar surface area (TPSA) is 168 Å². The molecule has 1 aliphatic heterocycles. The number of aromatic hydroxyl groups is 1. The van der Waals surface area contributed by atoms with Gasteiger partial charge in [0.25, 0.3) is 0 Å². The Morgan fingerprint density at radius 3 is 1.90 bits per heavy atom. The summed E-state index contributed by atoms with van der Waals surface area (Å²) in [4.78, 5) is 56.0. The normalized spacial score (nSPS) is 16.5. The molecule has 0 fully saturated rings. The number of amides is 4. The third-order valence-electron chi connectivity index (χ3n) is 8.94. The van der Waals surface area contributed by atoms with Crippen LogP contribution in [0, 0.1) is 0 Å². The number of carbonyl (C=O) groups excluding carboxylic acids is 4. The molecule has 0 saturated carbocycles. The Labute approximate surface area is 280 Å². The van der Waals surface area contributed by atoms with E-state index < -0.39 is 53.7 Å². The van der Waals surface area contributed by atoms with Crippen molar-refractivity contribution in [3.05, 3.63) is 137 Å². The van der Waals surface area contributed by atoms with E-state index in [9.17, 15) is 24.3 Å². The molecule has 0 aliphatic carbocycles. The first-order valence-corrected chi connectivity index (χ1v) is 16.0. The van der Waals surface area contributed by atoms with Crippen molar-refractivity contribution in [1.29, 1.82) is 0 Å². The average Bonchev–Trinajstić information content (AvgIpc) is 3.10. The zero-order valence-electron chi connectivity index (χ0n) is 26.8. The second-order valence-electron chi connectivity index (χ2n) is 12.3. The van der Waals surface area contributed by atoms with Gasteiger partial charge in [-0.25, -0.2) is 0 Å². The lowest BCUT2D eigenvalue weighted by atomic mass is 9.89. The number of carbonyl (C=O) groups is 4. The monoisotopic (exact) mass is 647 g/mol. The summed E-state index contributed by atoms with van der Waals surface area (Å²) in [6, 6.07) is 28.5. The van der Waals surface area contributed by atoms with Gasteiger partial charge in [-0.1, -0.05) is 104 Å². The van der Waals surface area contributed by atoms with Crippen molar-refractivity contribution < 1.29 is 24.3 Å². The van der Waals surface area contributed by atoms with Crippen molar-refractivity contribution >= 4 is 23.6 Å². The molecule has 5 rings (SSSR count). The van der Waals surface area contributed by atoms with Crippen molar-refractivity contribution in [3.63, 3.8) is 0 Å². The lowest BCUT2D eigenvalue weighted by Crippen LogP contribution is -2.60. The molecule has 248 valence electrons. The Hall–Kier alpha value is -5.48. The van der Waals surface area contributed by atoms with Crippen LogP contribution in [-0.4, -0.2) is 57.8 Å². The predicted octanol–water partition coefficient (Wildman–Crippen LogP) is 2.72. The van der Waals surface area contributed by atoms with Crippen molar-refractivity contribution in [2.45, 2.75) is 62.8 Å². The van der Waals surface area contributed by atoms with Crippen LogP contribution in [0.1, 0.15) is 40.7 Å². The summed E-state index contributed by atoms with van der Waals surface area (Å²) >= 11 is 0. The van der Waals surface area contributed by atoms with Crippen LogP contribution in [0.2, 0.25) is 0 Å². The standard InChI is InChI=1S/C38H41N5O5/c1-24(27-16-18-30(44)19-17-27)34(39)38(48)43-23-29-15-9-8-14-28(29)22-33(43)37(47)42-32(21-26-12-6-3-7-13-26)36(46)41-31(35(40)45)20-25-10-4-2-5-11-25/h2-19,24,31-34,44H,20-23,39H2,1H3,(H2,40,45)(H,41,46)(H,42,47)/t24-,31-,32-,33-,34+/m0/s1. The molecule has 4 aromatic carbocycles. The quantitative estimate of drug-likeness (QED) is 0.159. The van der Waals surface area contributed by atoms with Crippen LogP contribution < -0.4 is 22.1 Å². The maximum absolute atomic E-state index is 14.2. The van der Waals surface area contributed by atoms with E-state index in [4.69, 9.17) is 11.5 Å². The molecule has 0 spiro atoms. The fourth-order valence-electron chi connectivity index (χ4n) is 6.05. The lowest BCUT2D eigenvalue weighted by molar-refractivity contribution is -0.144. The molecule has 4 aromatic rings. The SMILES string of the molecule is C[C@@H](c1ccc(O)cc1)[C@@H](N)C(=O)N1Cc2ccccc2C[C@H]1C(=O)N[C@@H](Cc1ccccc1)C(=O)N[C@@H](Cc1ccccc1)C(N)=O. The number of benzene rings is 4. The number of phenols is 1. The van der Waals surface area contributed by atoms with Crippen LogP contribution in [0.3, 0.4) is 0 Å². The fraction of sp³-hybridized carbons (Fsp3) is 0.263. The van der Waals surface area contributed by atoms with Crippen LogP contribution in [0.15, 0.2) is 109 Å². The maximum atomic E-state index is 14.2. The molecule has 0 radical (unpaired) electrons. The number of nitrogens with one attached hydrogen (secondary N) is 2. The molecule has 1 aliphatic rings. The summed E-state index contributed by atoms with van der Waals surface area (Å²) in [5, 5.41) is 15.4. The second kappa shape index (κ2) is 15.4. The van der Waals surface area contributed by atoms with Crippen LogP contribution in [-0.2, 0) is 45.0 Å². The van der Waals surface area contributed by atoms with Gasteiger partial charge in [0.2, 0.25) is 23.6 Å². The fourth-order valence-corrected chi connectivity index (χ4v) is 6.05.